The van der Waals surface area contributed by atoms with Crippen LogP contribution in [0, 0.1) is 11.3 Å². The summed E-state index contributed by atoms with van der Waals surface area (Å²) in [6.07, 6.45) is 1.02. The van der Waals surface area contributed by atoms with Crippen LogP contribution >= 0.6 is 0 Å². The monoisotopic (exact) mass is 381 g/mol. The molecule has 3 aromatic rings. The zero-order valence-electron chi connectivity index (χ0n) is 16.4. The van der Waals surface area contributed by atoms with Gasteiger partial charge in [-0.05, 0) is 72.1 Å². The van der Waals surface area contributed by atoms with Crippen molar-refractivity contribution in [3.63, 3.8) is 0 Å². The molecule has 0 aromatic heterocycles. The first kappa shape index (κ1) is 18.8. The molecule has 0 atom stereocenters. The summed E-state index contributed by atoms with van der Waals surface area (Å²) in [5, 5.41) is 22.7. The Hall–Kier alpha value is -3.55. The van der Waals surface area contributed by atoms with Crippen LogP contribution in [-0.2, 0) is 13.0 Å². The van der Waals surface area contributed by atoms with Gasteiger partial charge >= 0.3 is 0 Å². The quantitative estimate of drug-likeness (QED) is 0.587. The molecule has 29 heavy (non-hydrogen) atoms. The van der Waals surface area contributed by atoms with Crippen molar-refractivity contribution in [1.82, 2.24) is 4.90 Å². The van der Waals surface area contributed by atoms with E-state index in [1.54, 1.807) is 12.1 Å². The maximum atomic E-state index is 10.1. The molecule has 4 nitrogen and oxygen atoms in total. The van der Waals surface area contributed by atoms with Gasteiger partial charge in [-0.1, -0.05) is 30.8 Å². The molecule has 2 N–H and O–H groups in total. The van der Waals surface area contributed by atoms with Gasteiger partial charge in [-0.2, -0.15) is 5.26 Å². The zero-order chi connectivity index (χ0) is 20.4. The summed E-state index contributed by atoms with van der Waals surface area (Å²) in [5.41, 5.74) is 7.87. The Morgan fingerprint density at radius 1 is 1.14 bits per heavy atom. The molecule has 4 heteroatoms. The molecule has 0 bridgehead atoms. The number of aliphatic hydroxyl groups is 1. The number of nitrogens with zero attached hydrogens (tertiary/aromatic N) is 2. The lowest BCUT2D eigenvalue weighted by Crippen LogP contribution is -2.26. The molecular weight excluding hydrogens is 358 g/mol. The average Bonchev–Trinajstić information content (AvgIpc) is 2.73. The molecule has 3 aromatic carbocycles. The molecule has 0 radical (unpaired) electrons. The maximum absolute atomic E-state index is 10.1. The lowest BCUT2D eigenvalue weighted by atomic mass is 9.96. The Balaban J connectivity index is 1.72. The molecule has 1 heterocycles. The van der Waals surface area contributed by atoms with Crippen molar-refractivity contribution in [2.75, 3.05) is 18.9 Å². The largest absolute Gasteiger partial charge is 0.508 e. The summed E-state index contributed by atoms with van der Waals surface area (Å²) in [6, 6.07) is 21.7. The molecule has 0 fully saturated rings. The smallest absolute Gasteiger partial charge is 0.116 e. The number of rotatable bonds is 4. The van der Waals surface area contributed by atoms with Crippen LogP contribution in [0.2, 0.25) is 0 Å². The Bertz CT molecular complexity index is 1110. The summed E-state index contributed by atoms with van der Waals surface area (Å²) in [5.74, 6) is 0.0241. The van der Waals surface area contributed by atoms with Crippen molar-refractivity contribution < 1.29 is 5.11 Å². The van der Waals surface area contributed by atoms with Crippen LogP contribution in [0.25, 0.3) is 16.9 Å². The summed E-state index contributed by atoms with van der Waals surface area (Å²) in [4.78, 5) is 2.33. The zero-order valence-corrected chi connectivity index (χ0v) is 16.4. The SMILES string of the molecule is C=C(O)c1ccc(Nc2cccc3c2CCN(C)C3)cc1-c1ccc(C#N)cc1. The molecule has 4 rings (SSSR count). The van der Waals surface area contributed by atoms with Crippen LogP contribution in [0.15, 0.2) is 67.2 Å². The first-order valence-corrected chi connectivity index (χ1v) is 9.64. The summed E-state index contributed by atoms with van der Waals surface area (Å²) in [7, 11) is 2.15. The third-order valence-electron chi connectivity index (χ3n) is 5.39. The third-order valence-corrected chi connectivity index (χ3v) is 5.39. The van der Waals surface area contributed by atoms with E-state index in [0.29, 0.717) is 11.1 Å². The van der Waals surface area contributed by atoms with Gasteiger partial charge in [-0.3, -0.25) is 0 Å². The molecule has 1 aliphatic heterocycles. The fourth-order valence-electron chi connectivity index (χ4n) is 3.86. The Morgan fingerprint density at radius 2 is 1.93 bits per heavy atom. The van der Waals surface area contributed by atoms with Gasteiger partial charge < -0.3 is 15.3 Å². The Morgan fingerprint density at radius 3 is 2.66 bits per heavy atom. The van der Waals surface area contributed by atoms with Crippen LogP contribution in [0.1, 0.15) is 22.3 Å². The average molecular weight is 381 g/mol. The maximum Gasteiger partial charge on any atom is 0.116 e. The molecule has 144 valence electrons. The molecule has 0 aliphatic carbocycles. The van der Waals surface area contributed by atoms with Crippen LogP contribution in [0.4, 0.5) is 11.4 Å². The first-order valence-electron chi connectivity index (χ1n) is 9.64. The second kappa shape index (κ2) is 7.83. The van der Waals surface area contributed by atoms with Crippen LogP contribution in [0.3, 0.4) is 0 Å². The van der Waals surface area contributed by atoms with E-state index in [9.17, 15) is 5.11 Å². The predicted octanol–water partition coefficient (Wildman–Crippen LogP) is 5.49. The van der Waals surface area contributed by atoms with Gasteiger partial charge in [0.2, 0.25) is 0 Å². The Labute approximate surface area is 171 Å². The minimum absolute atomic E-state index is 0.0241. The van der Waals surface area contributed by atoms with Crippen molar-refractivity contribution in [2.45, 2.75) is 13.0 Å². The van der Waals surface area contributed by atoms with Gasteiger partial charge in [0.05, 0.1) is 11.6 Å². The van der Waals surface area contributed by atoms with E-state index >= 15 is 0 Å². The summed E-state index contributed by atoms with van der Waals surface area (Å²) in [6.45, 7) is 5.71. The minimum atomic E-state index is 0.0241. The second-order valence-electron chi connectivity index (χ2n) is 7.45. The first-order chi connectivity index (χ1) is 14.0. The molecule has 1 aliphatic rings. The van der Waals surface area contributed by atoms with E-state index in [-0.39, 0.29) is 5.76 Å². The molecule has 0 amide bonds. The van der Waals surface area contributed by atoms with Crippen molar-refractivity contribution in [3.05, 3.63) is 89.5 Å². The van der Waals surface area contributed by atoms with Crippen molar-refractivity contribution in [2.24, 2.45) is 0 Å². The van der Waals surface area contributed by atoms with Crippen LogP contribution in [0.5, 0.6) is 0 Å². The lowest BCUT2D eigenvalue weighted by molar-refractivity contribution is 0.313. The predicted molar refractivity (Wildman–Crippen MR) is 118 cm³/mol. The number of nitriles is 1. The van der Waals surface area contributed by atoms with Crippen LogP contribution in [-0.4, -0.2) is 23.6 Å². The van der Waals surface area contributed by atoms with Gasteiger partial charge in [0, 0.05) is 30.0 Å². The lowest BCUT2D eigenvalue weighted by Gasteiger charge is -2.27. The standard InChI is InChI=1S/C25H23N3O/c1-17(29)22-11-10-21(14-24(22)19-8-6-18(15-26)7-9-19)27-25-5-3-4-20-16-28(2)13-12-23(20)25/h3-11,14,27,29H,1,12-13,16H2,2H3. The van der Waals surface area contributed by atoms with E-state index in [0.717, 1.165) is 42.0 Å². The van der Waals surface area contributed by atoms with Crippen molar-refractivity contribution in [3.8, 4) is 17.2 Å². The van der Waals surface area contributed by atoms with Gasteiger partial charge in [0.25, 0.3) is 0 Å². The van der Waals surface area contributed by atoms with E-state index in [1.165, 1.54) is 11.1 Å². The molecule has 0 saturated carbocycles. The number of likely N-dealkylation sites (N-methyl/N-ethyl adjacent to an activating group) is 1. The van der Waals surface area contributed by atoms with Crippen molar-refractivity contribution >= 4 is 17.1 Å². The number of hydrogen-bond acceptors (Lipinski definition) is 4. The minimum Gasteiger partial charge on any atom is -0.508 e. The molecule has 0 spiro atoms. The number of fused-ring (bicyclic) bond motifs is 1. The number of aliphatic hydroxyl groups excluding tert-OH is 1. The number of hydrogen-bond donors (Lipinski definition) is 2. The number of benzene rings is 3. The van der Waals surface area contributed by atoms with Crippen LogP contribution < -0.4 is 5.32 Å². The summed E-state index contributed by atoms with van der Waals surface area (Å²) >= 11 is 0. The topological polar surface area (TPSA) is 59.3 Å². The highest BCUT2D eigenvalue weighted by molar-refractivity contribution is 5.82. The van der Waals surface area contributed by atoms with Gasteiger partial charge in [-0.25, -0.2) is 0 Å². The Kier molecular flexibility index (Phi) is 5.07. The fourth-order valence-corrected chi connectivity index (χ4v) is 3.86. The van der Waals surface area contributed by atoms with Gasteiger partial charge in [0.15, 0.2) is 0 Å². The number of anilines is 2. The normalized spacial score (nSPS) is 13.4. The van der Waals surface area contributed by atoms with E-state index in [2.05, 4.69) is 48.1 Å². The van der Waals surface area contributed by atoms with Gasteiger partial charge in [-0.15, -0.1) is 0 Å². The highest BCUT2D eigenvalue weighted by Crippen LogP contribution is 2.33. The third kappa shape index (κ3) is 3.87. The van der Waals surface area contributed by atoms with E-state index in [4.69, 9.17) is 5.26 Å². The molecule has 0 saturated heterocycles. The van der Waals surface area contributed by atoms with E-state index < -0.39 is 0 Å². The molecular formula is C25H23N3O. The highest BCUT2D eigenvalue weighted by Gasteiger charge is 2.16. The molecule has 0 unspecified atom stereocenters. The highest BCUT2D eigenvalue weighted by atomic mass is 16.3. The summed E-state index contributed by atoms with van der Waals surface area (Å²) < 4.78 is 0. The van der Waals surface area contributed by atoms with Gasteiger partial charge in [0.1, 0.15) is 5.76 Å². The number of nitrogens with one attached hydrogen (secondary N) is 1. The van der Waals surface area contributed by atoms with Crippen molar-refractivity contribution in [1.29, 1.82) is 5.26 Å². The fraction of sp³-hybridized carbons (Fsp3) is 0.160. The van der Waals surface area contributed by atoms with E-state index in [1.807, 2.05) is 30.3 Å². The second-order valence-corrected chi connectivity index (χ2v) is 7.45.